The lowest BCUT2D eigenvalue weighted by Gasteiger charge is -2.30. The monoisotopic (exact) mass is 390 g/mol. The number of unbranched alkanes of at least 4 members (excludes halogenated alkanes) is 1. The van der Waals surface area contributed by atoms with E-state index in [0.717, 1.165) is 42.9 Å². The van der Waals surface area contributed by atoms with Crippen LogP contribution >= 0.6 is 0 Å². The Labute approximate surface area is 170 Å². The molecule has 1 aromatic rings. The van der Waals surface area contributed by atoms with Crippen molar-refractivity contribution in [3.05, 3.63) is 23.8 Å². The van der Waals surface area contributed by atoms with Crippen LogP contribution in [0.5, 0.6) is 11.5 Å². The van der Waals surface area contributed by atoms with Crippen molar-refractivity contribution in [3.63, 3.8) is 0 Å². The largest absolute Gasteiger partial charge is 0.493 e. The summed E-state index contributed by atoms with van der Waals surface area (Å²) in [7, 11) is 5.14. The molecule has 0 spiro atoms. The zero-order chi connectivity index (χ0) is 20.2. The highest BCUT2D eigenvalue weighted by atomic mass is 16.5. The number of hydrogen-bond donors (Lipinski definition) is 2. The summed E-state index contributed by atoms with van der Waals surface area (Å²) in [5, 5.41) is 6.81. The maximum Gasteiger partial charge on any atom is 0.190 e. The predicted molar refractivity (Wildman–Crippen MR) is 117 cm³/mol. The van der Waals surface area contributed by atoms with Crippen molar-refractivity contribution in [2.75, 3.05) is 54.0 Å². The predicted octanol–water partition coefficient (Wildman–Crippen LogP) is 2.92. The number of nitrogens with zero attached hydrogens (tertiary/aromatic N) is 2. The van der Waals surface area contributed by atoms with Gasteiger partial charge in [0.2, 0.25) is 0 Å². The molecule has 28 heavy (non-hydrogen) atoms. The SMILES string of the molecule is CN=C(NCCCCN1CCCC(C)C1)NCCc1ccc(OC)c(OC)c1. The number of aliphatic imine (C=N–C) groups is 1. The molecule has 2 rings (SSSR count). The molecule has 158 valence electrons. The standard InChI is InChI=1S/C22H38N4O2/c1-18-8-7-15-26(17-18)14-6-5-12-24-22(23-2)25-13-11-19-9-10-20(27-3)21(16-19)28-4/h9-10,16,18H,5-8,11-15,17H2,1-4H3,(H2,23,24,25). The normalized spacial score (nSPS) is 18.0. The number of hydrogen-bond acceptors (Lipinski definition) is 4. The van der Waals surface area contributed by atoms with Crippen LogP contribution in [0.1, 0.15) is 38.2 Å². The van der Waals surface area contributed by atoms with Gasteiger partial charge < -0.3 is 25.0 Å². The Morgan fingerprint density at radius 2 is 1.93 bits per heavy atom. The van der Waals surface area contributed by atoms with Crippen LogP contribution in [0, 0.1) is 5.92 Å². The van der Waals surface area contributed by atoms with Gasteiger partial charge in [0.1, 0.15) is 0 Å². The molecule has 0 amide bonds. The molecule has 6 heteroatoms. The maximum absolute atomic E-state index is 5.37. The Balaban J connectivity index is 1.61. The van der Waals surface area contributed by atoms with E-state index in [9.17, 15) is 0 Å². The minimum atomic E-state index is 0.760. The molecule has 1 aliphatic heterocycles. The van der Waals surface area contributed by atoms with Gasteiger partial charge in [0, 0.05) is 26.7 Å². The van der Waals surface area contributed by atoms with Crippen molar-refractivity contribution in [2.24, 2.45) is 10.9 Å². The van der Waals surface area contributed by atoms with Crippen LogP contribution in [0.2, 0.25) is 0 Å². The molecule has 1 atom stereocenters. The van der Waals surface area contributed by atoms with Gasteiger partial charge in [-0.15, -0.1) is 0 Å². The summed E-state index contributed by atoms with van der Waals surface area (Å²) in [5.74, 6) is 3.26. The first-order valence-electron chi connectivity index (χ1n) is 10.5. The van der Waals surface area contributed by atoms with Crippen LogP contribution in [0.4, 0.5) is 0 Å². The molecule has 0 bridgehead atoms. The van der Waals surface area contributed by atoms with Gasteiger partial charge >= 0.3 is 0 Å². The Bertz CT molecular complexity index is 606. The third-order valence-corrected chi connectivity index (χ3v) is 5.31. The van der Waals surface area contributed by atoms with Crippen molar-refractivity contribution in [3.8, 4) is 11.5 Å². The average Bonchev–Trinajstić information content (AvgIpc) is 2.72. The number of methoxy groups -OCH3 is 2. The minimum Gasteiger partial charge on any atom is -0.493 e. The molecule has 1 unspecified atom stereocenters. The van der Waals surface area contributed by atoms with Crippen molar-refractivity contribution in [2.45, 2.75) is 39.0 Å². The van der Waals surface area contributed by atoms with Crippen molar-refractivity contribution >= 4 is 5.96 Å². The topological polar surface area (TPSA) is 58.1 Å². The molecule has 6 nitrogen and oxygen atoms in total. The molecule has 1 aliphatic rings. The second-order valence-corrected chi connectivity index (χ2v) is 7.62. The van der Waals surface area contributed by atoms with Gasteiger partial charge in [-0.05, 0) is 68.8 Å². The first-order chi connectivity index (χ1) is 13.7. The van der Waals surface area contributed by atoms with Crippen LogP contribution in [0.3, 0.4) is 0 Å². The van der Waals surface area contributed by atoms with E-state index in [4.69, 9.17) is 9.47 Å². The highest BCUT2D eigenvalue weighted by Crippen LogP contribution is 2.27. The fourth-order valence-electron chi connectivity index (χ4n) is 3.74. The molecular formula is C22H38N4O2. The molecule has 0 aromatic heterocycles. The molecule has 2 N–H and O–H groups in total. The van der Waals surface area contributed by atoms with Crippen LogP contribution < -0.4 is 20.1 Å². The van der Waals surface area contributed by atoms with Crippen molar-refractivity contribution in [1.82, 2.24) is 15.5 Å². The molecule has 1 aromatic carbocycles. The third kappa shape index (κ3) is 7.58. The Hall–Kier alpha value is -1.95. The fraction of sp³-hybridized carbons (Fsp3) is 0.682. The lowest BCUT2D eigenvalue weighted by Crippen LogP contribution is -2.39. The van der Waals surface area contributed by atoms with Crippen LogP contribution in [-0.2, 0) is 6.42 Å². The smallest absolute Gasteiger partial charge is 0.190 e. The molecular weight excluding hydrogens is 352 g/mol. The molecule has 1 saturated heterocycles. The Morgan fingerprint density at radius 1 is 1.14 bits per heavy atom. The first-order valence-corrected chi connectivity index (χ1v) is 10.5. The van der Waals surface area contributed by atoms with E-state index >= 15 is 0 Å². The van der Waals surface area contributed by atoms with Gasteiger partial charge in [-0.2, -0.15) is 0 Å². The van der Waals surface area contributed by atoms with E-state index in [2.05, 4.69) is 33.5 Å². The number of benzene rings is 1. The second-order valence-electron chi connectivity index (χ2n) is 7.62. The number of piperidine rings is 1. The quantitative estimate of drug-likeness (QED) is 0.365. The highest BCUT2D eigenvalue weighted by molar-refractivity contribution is 5.79. The Morgan fingerprint density at radius 3 is 2.64 bits per heavy atom. The molecule has 0 aliphatic carbocycles. The summed E-state index contributed by atoms with van der Waals surface area (Å²) < 4.78 is 10.7. The van der Waals surface area contributed by atoms with Gasteiger partial charge in [-0.3, -0.25) is 4.99 Å². The zero-order valence-corrected chi connectivity index (χ0v) is 18.1. The summed E-state index contributed by atoms with van der Waals surface area (Å²) in [4.78, 5) is 6.93. The number of guanidine groups is 1. The summed E-state index contributed by atoms with van der Waals surface area (Å²) in [6.07, 6.45) is 6.05. The lowest BCUT2D eigenvalue weighted by atomic mass is 10.0. The summed E-state index contributed by atoms with van der Waals surface area (Å²) in [6.45, 7) is 7.91. The fourth-order valence-corrected chi connectivity index (χ4v) is 3.74. The summed E-state index contributed by atoms with van der Waals surface area (Å²) in [5.41, 5.74) is 1.20. The highest BCUT2D eigenvalue weighted by Gasteiger charge is 2.15. The minimum absolute atomic E-state index is 0.760. The summed E-state index contributed by atoms with van der Waals surface area (Å²) >= 11 is 0. The van der Waals surface area contributed by atoms with Crippen LogP contribution in [0.15, 0.2) is 23.2 Å². The third-order valence-electron chi connectivity index (χ3n) is 5.31. The molecule has 0 radical (unpaired) electrons. The summed E-state index contributed by atoms with van der Waals surface area (Å²) in [6, 6.07) is 6.04. The zero-order valence-electron chi connectivity index (χ0n) is 18.1. The van der Waals surface area contributed by atoms with Crippen molar-refractivity contribution < 1.29 is 9.47 Å². The Kier molecular flexibility index (Phi) is 9.97. The van der Waals surface area contributed by atoms with Crippen LogP contribution in [-0.4, -0.2) is 64.9 Å². The molecule has 1 fully saturated rings. The number of nitrogens with one attached hydrogen (secondary N) is 2. The number of likely N-dealkylation sites (tertiary alicyclic amines) is 1. The van der Waals surface area contributed by atoms with Gasteiger partial charge in [0.15, 0.2) is 17.5 Å². The van der Waals surface area contributed by atoms with E-state index in [0.29, 0.717) is 0 Å². The van der Waals surface area contributed by atoms with E-state index in [1.165, 1.54) is 50.9 Å². The number of ether oxygens (including phenoxy) is 2. The van der Waals surface area contributed by atoms with E-state index in [1.807, 2.05) is 19.2 Å². The van der Waals surface area contributed by atoms with Gasteiger partial charge in [0.25, 0.3) is 0 Å². The van der Waals surface area contributed by atoms with E-state index < -0.39 is 0 Å². The lowest BCUT2D eigenvalue weighted by molar-refractivity contribution is 0.181. The van der Waals surface area contributed by atoms with E-state index in [1.54, 1.807) is 14.2 Å². The van der Waals surface area contributed by atoms with Crippen LogP contribution in [0.25, 0.3) is 0 Å². The van der Waals surface area contributed by atoms with Gasteiger partial charge in [0.05, 0.1) is 14.2 Å². The maximum atomic E-state index is 5.37. The molecule has 1 heterocycles. The van der Waals surface area contributed by atoms with E-state index in [-0.39, 0.29) is 0 Å². The second kappa shape index (κ2) is 12.5. The molecule has 0 saturated carbocycles. The van der Waals surface area contributed by atoms with Crippen molar-refractivity contribution in [1.29, 1.82) is 0 Å². The van der Waals surface area contributed by atoms with Gasteiger partial charge in [-0.1, -0.05) is 13.0 Å². The average molecular weight is 391 g/mol. The first kappa shape index (κ1) is 22.3. The number of rotatable bonds is 10. The van der Waals surface area contributed by atoms with Gasteiger partial charge in [-0.25, -0.2) is 0 Å².